The molecule has 3 rings (SSSR count). The molecule has 0 aromatic heterocycles. The van der Waals surface area contributed by atoms with Gasteiger partial charge in [0.25, 0.3) is 0 Å². The van der Waals surface area contributed by atoms with E-state index >= 15 is 0 Å². The minimum atomic E-state index is -3.55. The summed E-state index contributed by atoms with van der Waals surface area (Å²) in [6.07, 6.45) is 0.397. The maximum absolute atomic E-state index is 13.0. The Kier molecular flexibility index (Phi) is 5.96. The second-order valence-corrected chi connectivity index (χ2v) is 8.42. The third-order valence-corrected chi connectivity index (χ3v) is 6.22. The lowest BCUT2D eigenvalue weighted by atomic mass is 10.1. The average Bonchev–Trinajstić information content (AvgIpc) is 2.63. The summed E-state index contributed by atoms with van der Waals surface area (Å²) < 4.78 is 39.0. The molecule has 0 radical (unpaired) electrons. The van der Waals surface area contributed by atoms with Gasteiger partial charge >= 0.3 is 0 Å². The Labute approximate surface area is 155 Å². The zero-order chi connectivity index (χ0) is 18.6. The van der Waals surface area contributed by atoms with Crippen molar-refractivity contribution in [3.05, 3.63) is 60.2 Å². The number of hydrogen-bond donors (Lipinski definition) is 0. The summed E-state index contributed by atoms with van der Waals surface area (Å²) in [7, 11) is -3.55. The summed E-state index contributed by atoms with van der Waals surface area (Å²) in [6.45, 7) is 5.08. The van der Waals surface area contributed by atoms with E-state index in [0.29, 0.717) is 31.9 Å². The molecule has 1 fully saturated rings. The summed E-state index contributed by atoms with van der Waals surface area (Å²) in [5.41, 5.74) is 1.14. The number of morpholine rings is 1. The first kappa shape index (κ1) is 18.9. The van der Waals surface area contributed by atoms with E-state index in [9.17, 15) is 8.42 Å². The fourth-order valence-corrected chi connectivity index (χ4v) is 4.76. The molecule has 6 heteroatoms. The van der Waals surface area contributed by atoms with Gasteiger partial charge in [-0.25, -0.2) is 8.42 Å². The second kappa shape index (κ2) is 8.20. The fourth-order valence-electron chi connectivity index (χ4n) is 3.21. The van der Waals surface area contributed by atoms with Crippen molar-refractivity contribution in [2.75, 3.05) is 19.7 Å². The van der Waals surface area contributed by atoms with Crippen LogP contribution in [0.1, 0.15) is 19.4 Å². The lowest BCUT2D eigenvalue weighted by Gasteiger charge is -2.36. The van der Waals surface area contributed by atoms with Gasteiger partial charge in [0, 0.05) is 13.1 Å². The Morgan fingerprint density at radius 3 is 2.42 bits per heavy atom. The van der Waals surface area contributed by atoms with Gasteiger partial charge in [0.1, 0.15) is 5.75 Å². The van der Waals surface area contributed by atoms with E-state index in [1.807, 2.05) is 44.2 Å². The van der Waals surface area contributed by atoms with Crippen LogP contribution in [0.4, 0.5) is 0 Å². The number of ether oxygens (including phenoxy) is 2. The van der Waals surface area contributed by atoms with Crippen molar-refractivity contribution in [1.82, 2.24) is 4.31 Å². The molecule has 1 saturated heterocycles. The van der Waals surface area contributed by atoms with Gasteiger partial charge in [0.2, 0.25) is 10.0 Å². The first-order chi connectivity index (χ1) is 12.5. The molecular weight excluding hydrogens is 350 g/mol. The topological polar surface area (TPSA) is 55.8 Å². The van der Waals surface area contributed by atoms with Crippen LogP contribution in [-0.2, 0) is 21.2 Å². The van der Waals surface area contributed by atoms with Crippen molar-refractivity contribution < 1.29 is 17.9 Å². The predicted octanol–water partition coefficient (Wildman–Crippen LogP) is 3.11. The minimum absolute atomic E-state index is 0.144. The quantitative estimate of drug-likeness (QED) is 0.778. The van der Waals surface area contributed by atoms with E-state index in [1.54, 1.807) is 24.3 Å². The molecule has 1 aliphatic rings. The Bertz CT molecular complexity index is 805. The van der Waals surface area contributed by atoms with Crippen LogP contribution >= 0.6 is 0 Å². The molecule has 26 heavy (non-hydrogen) atoms. The third-order valence-electron chi connectivity index (χ3n) is 4.37. The molecule has 0 spiro atoms. The first-order valence-corrected chi connectivity index (χ1v) is 10.4. The molecule has 0 bridgehead atoms. The highest BCUT2D eigenvalue weighted by Crippen LogP contribution is 2.24. The lowest BCUT2D eigenvalue weighted by molar-refractivity contribution is -0.0529. The number of nitrogens with zero attached hydrogens (tertiary/aromatic N) is 1. The highest BCUT2D eigenvalue weighted by molar-refractivity contribution is 7.89. The van der Waals surface area contributed by atoms with Gasteiger partial charge in [-0.05, 0) is 50.1 Å². The molecule has 140 valence electrons. The number of benzene rings is 2. The smallest absolute Gasteiger partial charge is 0.243 e. The van der Waals surface area contributed by atoms with Gasteiger partial charge in [0.05, 0.1) is 23.7 Å². The molecule has 5 nitrogen and oxygen atoms in total. The van der Waals surface area contributed by atoms with Crippen molar-refractivity contribution in [3.8, 4) is 5.75 Å². The van der Waals surface area contributed by atoms with E-state index in [-0.39, 0.29) is 17.1 Å². The summed E-state index contributed by atoms with van der Waals surface area (Å²) in [6, 6.07) is 16.6. The van der Waals surface area contributed by atoms with Crippen LogP contribution in [0.5, 0.6) is 5.75 Å². The summed E-state index contributed by atoms with van der Waals surface area (Å²) in [4.78, 5) is 0.286. The van der Waals surface area contributed by atoms with Crippen LogP contribution in [0.25, 0.3) is 0 Å². The van der Waals surface area contributed by atoms with E-state index in [4.69, 9.17) is 9.47 Å². The zero-order valence-electron chi connectivity index (χ0n) is 15.2. The van der Waals surface area contributed by atoms with Crippen LogP contribution in [0.15, 0.2) is 59.5 Å². The Balaban J connectivity index is 1.75. The van der Waals surface area contributed by atoms with Gasteiger partial charge in [-0.1, -0.05) is 30.3 Å². The zero-order valence-corrected chi connectivity index (χ0v) is 16.0. The number of hydrogen-bond acceptors (Lipinski definition) is 4. The van der Waals surface area contributed by atoms with Crippen molar-refractivity contribution in [2.45, 2.75) is 37.4 Å². The van der Waals surface area contributed by atoms with Crippen LogP contribution in [0, 0.1) is 0 Å². The standard InChI is InChI=1S/C20H25NO4S/c1-3-24-18-9-11-20(12-10-18)26(22,23)21-14-16(2)25-19(15-21)13-17-7-5-4-6-8-17/h4-12,16,19H,3,13-15H2,1-2H3. The van der Waals surface area contributed by atoms with Crippen LogP contribution in [0.2, 0.25) is 0 Å². The normalized spacial score (nSPS) is 21.5. The molecule has 0 saturated carbocycles. The molecular formula is C20H25NO4S. The lowest BCUT2D eigenvalue weighted by Crippen LogP contribution is -2.49. The van der Waals surface area contributed by atoms with E-state index in [2.05, 4.69) is 0 Å². The largest absolute Gasteiger partial charge is 0.494 e. The maximum Gasteiger partial charge on any atom is 0.243 e. The van der Waals surface area contributed by atoms with Gasteiger partial charge in [-0.2, -0.15) is 4.31 Å². The molecule has 0 amide bonds. The van der Waals surface area contributed by atoms with Crippen molar-refractivity contribution >= 4 is 10.0 Å². The maximum atomic E-state index is 13.0. The molecule has 0 aliphatic carbocycles. The van der Waals surface area contributed by atoms with Crippen LogP contribution in [0.3, 0.4) is 0 Å². The van der Waals surface area contributed by atoms with Crippen LogP contribution in [-0.4, -0.2) is 44.6 Å². The molecule has 2 aromatic carbocycles. The van der Waals surface area contributed by atoms with E-state index < -0.39 is 10.0 Å². The summed E-state index contributed by atoms with van der Waals surface area (Å²) in [5, 5.41) is 0. The van der Waals surface area contributed by atoms with Gasteiger partial charge in [-0.3, -0.25) is 0 Å². The fraction of sp³-hybridized carbons (Fsp3) is 0.400. The molecule has 1 aliphatic heterocycles. The van der Waals surface area contributed by atoms with Crippen molar-refractivity contribution in [1.29, 1.82) is 0 Å². The second-order valence-electron chi connectivity index (χ2n) is 6.48. The third kappa shape index (κ3) is 4.44. The molecule has 2 atom stereocenters. The highest BCUT2D eigenvalue weighted by atomic mass is 32.2. The predicted molar refractivity (Wildman–Crippen MR) is 101 cm³/mol. The minimum Gasteiger partial charge on any atom is -0.494 e. The van der Waals surface area contributed by atoms with Crippen LogP contribution < -0.4 is 4.74 Å². The van der Waals surface area contributed by atoms with E-state index in [0.717, 1.165) is 5.56 Å². The summed E-state index contributed by atoms with van der Waals surface area (Å²) >= 11 is 0. The molecule has 0 N–H and O–H groups in total. The molecule has 2 aromatic rings. The van der Waals surface area contributed by atoms with Gasteiger partial charge in [-0.15, -0.1) is 0 Å². The van der Waals surface area contributed by atoms with Crippen molar-refractivity contribution in [3.63, 3.8) is 0 Å². The Morgan fingerprint density at radius 1 is 1.08 bits per heavy atom. The van der Waals surface area contributed by atoms with E-state index in [1.165, 1.54) is 4.31 Å². The Morgan fingerprint density at radius 2 is 1.77 bits per heavy atom. The van der Waals surface area contributed by atoms with Gasteiger partial charge < -0.3 is 9.47 Å². The number of rotatable bonds is 6. The Hall–Kier alpha value is -1.89. The summed E-state index contributed by atoms with van der Waals surface area (Å²) in [5.74, 6) is 0.670. The molecule has 1 heterocycles. The SMILES string of the molecule is CCOc1ccc(S(=O)(=O)N2CC(C)OC(Cc3ccccc3)C2)cc1. The highest BCUT2D eigenvalue weighted by Gasteiger charge is 2.33. The molecule has 2 unspecified atom stereocenters. The van der Waals surface area contributed by atoms with Gasteiger partial charge in [0.15, 0.2) is 0 Å². The first-order valence-electron chi connectivity index (χ1n) is 8.91. The van der Waals surface area contributed by atoms with Crippen molar-refractivity contribution in [2.24, 2.45) is 0 Å². The monoisotopic (exact) mass is 375 g/mol. The number of sulfonamides is 1. The average molecular weight is 375 g/mol.